The molecule has 0 amide bonds. The Labute approximate surface area is 156 Å². The molecule has 0 saturated heterocycles. The van der Waals surface area contributed by atoms with Gasteiger partial charge in [-0.3, -0.25) is 0 Å². The molecular weight excluding hydrogens is 427 g/mol. The Hall–Kier alpha value is -0.870. The van der Waals surface area contributed by atoms with Gasteiger partial charge in [0.25, 0.3) is 0 Å². The third-order valence-electron chi connectivity index (χ3n) is 2.74. The molecule has 23 heavy (non-hydrogen) atoms. The average molecular weight is 454 g/mol. The summed E-state index contributed by atoms with van der Waals surface area (Å²) in [7, 11) is -3.36. The van der Waals surface area contributed by atoms with Gasteiger partial charge in [-0.15, -0.1) is 24.0 Å². The Morgan fingerprint density at radius 3 is 2.22 bits per heavy atom. The lowest BCUT2D eigenvalue weighted by Gasteiger charge is -2.12. The fourth-order valence-corrected chi connectivity index (χ4v) is 3.46. The van der Waals surface area contributed by atoms with Crippen LogP contribution in [0.1, 0.15) is 38.8 Å². The first-order chi connectivity index (χ1) is 10.2. The number of nitrogens with zero attached hydrogens (tertiary/aromatic N) is 1. The van der Waals surface area contributed by atoms with E-state index >= 15 is 0 Å². The second-order valence-corrected chi connectivity index (χ2v) is 7.55. The van der Waals surface area contributed by atoms with E-state index in [9.17, 15) is 8.42 Å². The van der Waals surface area contributed by atoms with Crippen molar-refractivity contribution in [3.63, 3.8) is 0 Å². The molecule has 4 N–H and O–H groups in total. The molecule has 1 aromatic rings. The summed E-state index contributed by atoms with van der Waals surface area (Å²) in [4.78, 5) is 4.25. The SMILES string of the molecule is CC(C)NC(N)=NCc1ccccc1CS(=O)(=O)NC(C)C.I. The topological polar surface area (TPSA) is 96.6 Å². The van der Waals surface area contributed by atoms with E-state index in [2.05, 4.69) is 15.0 Å². The largest absolute Gasteiger partial charge is 0.370 e. The van der Waals surface area contributed by atoms with Crippen molar-refractivity contribution in [1.82, 2.24) is 10.0 Å². The van der Waals surface area contributed by atoms with Gasteiger partial charge in [-0.25, -0.2) is 18.1 Å². The minimum atomic E-state index is -3.36. The van der Waals surface area contributed by atoms with E-state index in [1.165, 1.54) is 0 Å². The van der Waals surface area contributed by atoms with Gasteiger partial charge in [0, 0.05) is 12.1 Å². The van der Waals surface area contributed by atoms with Crippen molar-refractivity contribution in [1.29, 1.82) is 0 Å². The van der Waals surface area contributed by atoms with E-state index in [1.54, 1.807) is 19.9 Å². The van der Waals surface area contributed by atoms with Crippen LogP contribution in [0.3, 0.4) is 0 Å². The molecule has 0 spiro atoms. The number of benzene rings is 1. The van der Waals surface area contributed by atoms with Gasteiger partial charge in [0.15, 0.2) is 5.96 Å². The van der Waals surface area contributed by atoms with Crippen LogP contribution in [0.4, 0.5) is 0 Å². The molecule has 0 heterocycles. The summed E-state index contributed by atoms with van der Waals surface area (Å²) in [6.45, 7) is 7.89. The molecule has 0 fully saturated rings. The Balaban J connectivity index is 0.00000484. The zero-order valence-corrected chi connectivity index (χ0v) is 17.2. The molecule has 0 bridgehead atoms. The van der Waals surface area contributed by atoms with Crippen molar-refractivity contribution in [2.45, 2.75) is 52.1 Å². The van der Waals surface area contributed by atoms with E-state index in [1.807, 2.05) is 32.0 Å². The van der Waals surface area contributed by atoms with Gasteiger partial charge in [0.2, 0.25) is 10.0 Å². The van der Waals surface area contributed by atoms with Crippen molar-refractivity contribution in [2.75, 3.05) is 0 Å². The van der Waals surface area contributed by atoms with Gasteiger partial charge in [-0.2, -0.15) is 0 Å². The van der Waals surface area contributed by atoms with Crippen LogP contribution >= 0.6 is 24.0 Å². The fraction of sp³-hybridized carbons (Fsp3) is 0.533. The lowest BCUT2D eigenvalue weighted by atomic mass is 10.1. The Kier molecular flexibility index (Phi) is 9.71. The van der Waals surface area contributed by atoms with Crippen LogP contribution in [-0.4, -0.2) is 26.5 Å². The summed E-state index contributed by atoms with van der Waals surface area (Å²) in [5.74, 6) is 0.293. The van der Waals surface area contributed by atoms with Crippen molar-refractivity contribution in [2.24, 2.45) is 10.7 Å². The van der Waals surface area contributed by atoms with Gasteiger partial charge in [-0.1, -0.05) is 24.3 Å². The molecule has 0 saturated carbocycles. The van der Waals surface area contributed by atoms with Gasteiger partial charge < -0.3 is 11.1 Å². The Morgan fingerprint density at radius 2 is 1.70 bits per heavy atom. The smallest absolute Gasteiger partial charge is 0.216 e. The van der Waals surface area contributed by atoms with Crippen LogP contribution in [0.2, 0.25) is 0 Å². The highest BCUT2D eigenvalue weighted by Gasteiger charge is 2.15. The summed E-state index contributed by atoms with van der Waals surface area (Å²) in [6.07, 6.45) is 0. The summed E-state index contributed by atoms with van der Waals surface area (Å²) < 4.78 is 26.7. The maximum atomic E-state index is 12.1. The molecule has 132 valence electrons. The predicted molar refractivity (Wildman–Crippen MR) is 106 cm³/mol. The van der Waals surface area contributed by atoms with E-state index in [4.69, 9.17) is 5.73 Å². The summed E-state index contributed by atoms with van der Waals surface area (Å²) in [6, 6.07) is 7.44. The molecule has 0 aliphatic rings. The number of hydrogen-bond acceptors (Lipinski definition) is 3. The first kappa shape index (κ1) is 22.1. The molecule has 1 aromatic carbocycles. The first-order valence-corrected chi connectivity index (χ1v) is 8.98. The number of guanidine groups is 1. The highest BCUT2D eigenvalue weighted by molar-refractivity contribution is 14.0. The molecule has 0 aliphatic carbocycles. The van der Waals surface area contributed by atoms with E-state index in [0.717, 1.165) is 11.1 Å². The highest BCUT2D eigenvalue weighted by Crippen LogP contribution is 2.13. The van der Waals surface area contributed by atoms with E-state index in [0.29, 0.717) is 12.5 Å². The van der Waals surface area contributed by atoms with Crippen LogP contribution in [0.15, 0.2) is 29.3 Å². The summed E-state index contributed by atoms with van der Waals surface area (Å²) >= 11 is 0. The zero-order valence-electron chi connectivity index (χ0n) is 14.0. The minimum absolute atomic E-state index is 0. The molecule has 0 radical (unpaired) electrons. The third kappa shape index (κ3) is 9.11. The van der Waals surface area contributed by atoms with Crippen molar-refractivity contribution in [3.8, 4) is 0 Å². The van der Waals surface area contributed by atoms with Crippen molar-refractivity contribution < 1.29 is 8.42 Å². The van der Waals surface area contributed by atoms with E-state index < -0.39 is 10.0 Å². The monoisotopic (exact) mass is 454 g/mol. The zero-order chi connectivity index (χ0) is 16.8. The Bertz CT molecular complexity index is 616. The van der Waals surface area contributed by atoms with E-state index in [-0.39, 0.29) is 41.8 Å². The van der Waals surface area contributed by atoms with Crippen LogP contribution in [-0.2, 0) is 22.3 Å². The number of halogens is 1. The number of aliphatic imine (C=N–C) groups is 1. The van der Waals surface area contributed by atoms with Crippen LogP contribution < -0.4 is 15.8 Å². The fourth-order valence-electron chi connectivity index (χ4n) is 1.97. The number of hydrogen-bond donors (Lipinski definition) is 3. The number of rotatable bonds is 7. The molecule has 0 aromatic heterocycles. The second kappa shape index (κ2) is 10.1. The standard InChI is InChI=1S/C15H26N4O2S.HI/c1-11(2)18-15(16)17-9-13-7-5-6-8-14(13)10-22(20,21)19-12(3)4;/h5-8,11-12,19H,9-10H2,1-4H3,(H3,16,17,18);1H. The Morgan fingerprint density at radius 1 is 1.13 bits per heavy atom. The quantitative estimate of drug-likeness (QED) is 0.333. The highest BCUT2D eigenvalue weighted by atomic mass is 127. The number of sulfonamides is 1. The molecule has 6 nitrogen and oxygen atoms in total. The third-order valence-corrected chi connectivity index (χ3v) is 4.26. The molecular formula is C15H27IN4O2S. The maximum absolute atomic E-state index is 12.1. The van der Waals surface area contributed by atoms with Crippen molar-refractivity contribution in [3.05, 3.63) is 35.4 Å². The lowest BCUT2D eigenvalue weighted by molar-refractivity contribution is 0.569. The average Bonchev–Trinajstić information content (AvgIpc) is 2.34. The summed E-state index contributed by atoms with van der Waals surface area (Å²) in [5.41, 5.74) is 7.36. The second-order valence-electron chi connectivity index (χ2n) is 5.80. The minimum Gasteiger partial charge on any atom is -0.370 e. The van der Waals surface area contributed by atoms with Crippen LogP contribution in [0, 0.1) is 0 Å². The van der Waals surface area contributed by atoms with Gasteiger partial charge in [0.1, 0.15) is 0 Å². The van der Waals surface area contributed by atoms with Gasteiger partial charge in [-0.05, 0) is 38.8 Å². The molecule has 0 aliphatic heterocycles. The first-order valence-electron chi connectivity index (χ1n) is 7.33. The van der Waals surface area contributed by atoms with Gasteiger partial charge in [0.05, 0.1) is 12.3 Å². The predicted octanol–water partition coefficient (Wildman–Crippen LogP) is 1.95. The molecule has 0 unspecified atom stereocenters. The number of nitrogens with one attached hydrogen (secondary N) is 2. The van der Waals surface area contributed by atoms with Crippen molar-refractivity contribution >= 4 is 40.0 Å². The number of nitrogens with two attached hydrogens (primary N) is 1. The molecule has 0 atom stereocenters. The van der Waals surface area contributed by atoms with Crippen LogP contribution in [0.5, 0.6) is 0 Å². The maximum Gasteiger partial charge on any atom is 0.216 e. The molecule has 1 rings (SSSR count). The molecule has 8 heteroatoms. The van der Waals surface area contributed by atoms with Crippen LogP contribution in [0.25, 0.3) is 0 Å². The summed E-state index contributed by atoms with van der Waals surface area (Å²) in [5, 5.41) is 3.00. The van der Waals surface area contributed by atoms with Gasteiger partial charge >= 0.3 is 0 Å². The lowest BCUT2D eigenvalue weighted by Crippen LogP contribution is -2.36. The normalized spacial score (nSPS) is 12.3.